The van der Waals surface area contributed by atoms with Crippen LogP contribution >= 0.6 is 0 Å². The van der Waals surface area contributed by atoms with Gasteiger partial charge in [0.05, 0.1) is 19.9 Å². The lowest BCUT2D eigenvalue weighted by Crippen LogP contribution is -2.12. The van der Waals surface area contributed by atoms with E-state index in [0.29, 0.717) is 12.8 Å². The second kappa shape index (κ2) is 8.61. The van der Waals surface area contributed by atoms with Crippen LogP contribution in [0.1, 0.15) is 23.4 Å². The number of benzene rings is 2. The van der Waals surface area contributed by atoms with Crippen LogP contribution in [0.3, 0.4) is 0 Å². The summed E-state index contributed by atoms with van der Waals surface area (Å²) in [5, 5.41) is 6.88. The van der Waals surface area contributed by atoms with Gasteiger partial charge in [0.25, 0.3) is 0 Å². The first-order valence-electron chi connectivity index (χ1n) is 9.06. The molecule has 0 spiro atoms. The molecule has 1 N–H and O–H groups in total. The van der Waals surface area contributed by atoms with Gasteiger partial charge in [-0.1, -0.05) is 17.3 Å². The van der Waals surface area contributed by atoms with Crippen LogP contribution in [0.5, 0.6) is 11.5 Å². The Bertz CT molecular complexity index is 942. The van der Waals surface area contributed by atoms with E-state index in [1.165, 1.54) is 0 Å². The SMILES string of the molecule is COc1ccc(-c2cc(NC(=O)CCc3c(C)noc3C)ccc2OC)cc1. The van der Waals surface area contributed by atoms with E-state index in [9.17, 15) is 4.79 Å². The molecule has 1 heterocycles. The van der Waals surface area contributed by atoms with Gasteiger partial charge in [-0.05, 0) is 56.2 Å². The number of carbonyl (C=O) groups is 1. The van der Waals surface area contributed by atoms with Gasteiger partial charge in [0.15, 0.2) is 0 Å². The number of nitrogens with one attached hydrogen (secondary N) is 1. The summed E-state index contributed by atoms with van der Waals surface area (Å²) in [4.78, 5) is 12.4. The van der Waals surface area contributed by atoms with Gasteiger partial charge >= 0.3 is 0 Å². The molecule has 0 radical (unpaired) electrons. The van der Waals surface area contributed by atoms with E-state index in [4.69, 9.17) is 14.0 Å². The van der Waals surface area contributed by atoms with E-state index < -0.39 is 0 Å². The fourth-order valence-electron chi connectivity index (χ4n) is 3.10. The number of anilines is 1. The van der Waals surface area contributed by atoms with Crippen molar-refractivity contribution in [2.75, 3.05) is 19.5 Å². The van der Waals surface area contributed by atoms with Crippen molar-refractivity contribution in [3.8, 4) is 22.6 Å². The first-order chi connectivity index (χ1) is 13.5. The number of amides is 1. The Morgan fingerprint density at radius 3 is 2.43 bits per heavy atom. The molecule has 3 rings (SSSR count). The molecule has 0 aliphatic carbocycles. The van der Waals surface area contributed by atoms with Gasteiger partial charge in [-0.2, -0.15) is 0 Å². The zero-order chi connectivity index (χ0) is 20.1. The first-order valence-corrected chi connectivity index (χ1v) is 9.06. The lowest BCUT2D eigenvalue weighted by Gasteiger charge is -2.12. The molecule has 0 saturated carbocycles. The summed E-state index contributed by atoms with van der Waals surface area (Å²) in [6.07, 6.45) is 0.946. The number of aromatic nitrogens is 1. The Morgan fingerprint density at radius 2 is 1.82 bits per heavy atom. The summed E-state index contributed by atoms with van der Waals surface area (Å²) in [6, 6.07) is 13.3. The molecule has 0 aliphatic heterocycles. The Morgan fingerprint density at radius 1 is 1.07 bits per heavy atom. The maximum Gasteiger partial charge on any atom is 0.224 e. The van der Waals surface area contributed by atoms with Crippen LogP contribution in [0, 0.1) is 13.8 Å². The van der Waals surface area contributed by atoms with Crippen molar-refractivity contribution >= 4 is 11.6 Å². The summed E-state index contributed by atoms with van der Waals surface area (Å²) >= 11 is 0. The molecule has 1 amide bonds. The van der Waals surface area contributed by atoms with Crippen LogP contribution in [0.15, 0.2) is 47.0 Å². The molecular weight excluding hydrogens is 356 g/mol. The molecule has 146 valence electrons. The van der Waals surface area contributed by atoms with Crippen molar-refractivity contribution in [2.45, 2.75) is 26.7 Å². The largest absolute Gasteiger partial charge is 0.497 e. The zero-order valence-corrected chi connectivity index (χ0v) is 16.5. The van der Waals surface area contributed by atoms with E-state index in [1.807, 2.05) is 56.3 Å². The van der Waals surface area contributed by atoms with Crippen molar-refractivity contribution in [2.24, 2.45) is 0 Å². The van der Waals surface area contributed by atoms with Crippen molar-refractivity contribution in [1.82, 2.24) is 5.16 Å². The molecule has 1 aromatic heterocycles. The summed E-state index contributed by atoms with van der Waals surface area (Å²) in [5.74, 6) is 2.22. The van der Waals surface area contributed by atoms with Crippen LogP contribution < -0.4 is 14.8 Å². The summed E-state index contributed by atoms with van der Waals surface area (Å²) < 4.78 is 15.8. The van der Waals surface area contributed by atoms with Gasteiger partial charge in [-0.25, -0.2) is 0 Å². The number of hydrogen-bond donors (Lipinski definition) is 1. The topological polar surface area (TPSA) is 73.6 Å². The highest BCUT2D eigenvalue weighted by atomic mass is 16.5. The number of rotatable bonds is 7. The highest BCUT2D eigenvalue weighted by molar-refractivity contribution is 5.92. The first kappa shape index (κ1) is 19.5. The molecule has 0 fully saturated rings. The van der Waals surface area contributed by atoms with Crippen molar-refractivity contribution in [3.63, 3.8) is 0 Å². The van der Waals surface area contributed by atoms with Crippen molar-refractivity contribution in [1.29, 1.82) is 0 Å². The minimum absolute atomic E-state index is 0.0640. The van der Waals surface area contributed by atoms with Crippen LogP contribution in [-0.2, 0) is 11.2 Å². The number of carbonyl (C=O) groups excluding carboxylic acids is 1. The van der Waals surface area contributed by atoms with E-state index in [2.05, 4.69) is 10.5 Å². The van der Waals surface area contributed by atoms with Crippen LogP contribution in [0.25, 0.3) is 11.1 Å². The van der Waals surface area contributed by atoms with Gasteiger partial charge in [-0.3, -0.25) is 4.79 Å². The van der Waals surface area contributed by atoms with E-state index in [0.717, 1.165) is 45.3 Å². The third kappa shape index (κ3) is 4.34. The maximum absolute atomic E-state index is 12.4. The standard InChI is InChI=1S/C22H24N2O4/c1-14-19(15(2)28-24-14)10-12-22(25)23-17-7-11-21(27-4)20(13-17)16-5-8-18(26-3)9-6-16/h5-9,11,13H,10,12H2,1-4H3,(H,23,25). The van der Waals surface area contributed by atoms with Gasteiger partial charge < -0.3 is 19.3 Å². The molecule has 0 bridgehead atoms. The highest BCUT2D eigenvalue weighted by Gasteiger charge is 2.13. The second-order valence-electron chi connectivity index (χ2n) is 6.49. The fraction of sp³-hybridized carbons (Fsp3) is 0.273. The molecular formula is C22H24N2O4. The molecule has 3 aromatic rings. The predicted molar refractivity (Wildman–Crippen MR) is 108 cm³/mol. The average Bonchev–Trinajstić information content (AvgIpc) is 3.04. The molecule has 2 aromatic carbocycles. The lowest BCUT2D eigenvalue weighted by molar-refractivity contribution is -0.116. The Hall–Kier alpha value is -3.28. The predicted octanol–water partition coefficient (Wildman–Crippen LogP) is 4.55. The highest BCUT2D eigenvalue weighted by Crippen LogP contribution is 2.33. The molecule has 0 atom stereocenters. The normalized spacial score (nSPS) is 10.6. The van der Waals surface area contributed by atoms with E-state index >= 15 is 0 Å². The van der Waals surface area contributed by atoms with Crippen molar-refractivity contribution < 1.29 is 18.8 Å². The van der Waals surface area contributed by atoms with Crippen LogP contribution in [0.2, 0.25) is 0 Å². The molecule has 28 heavy (non-hydrogen) atoms. The monoisotopic (exact) mass is 380 g/mol. The Kier molecular flexibility index (Phi) is 5.99. The number of ether oxygens (including phenoxy) is 2. The second-order valence-corrected chi connectivity index (χ2v) is 6.49. The zero-order valence-electron chi connectivity index (χ0n) is 16.5. The molecule has 0 aliphatic rings. The van der Waals surface area contributed by atoms with Crippen LogP contribution in [0.4, 0.5) is 5.69 Å². The van der Waals surface area contributed by atoms with Crippen molar-refractivity contribution in [3.05, 3.63) is 59.5 Å². The third-order valence-electron chi connectivity index (χ3n) is 4.67. The molecule has 6 heteroatoms. The molecule has 0 unspecified atom stereocenters. The molecule has 0 saturated heterocycles. The minimum atomic E-state index is -0.0640. The summed E-state index contributed by atoms with van der Waals surface area (Å²) in [6.45, 7) is 3.74. The van der Waals surface area contributed by atoms with Gasteiger partial charge in [0.1, 0.15) is 17.3 Å². The number of hydrogen-bond acceptors (Lipinski definition) is 5. The lowest BCUT2D eigenvalue weighted by atomic mass is 10.0. The number of methoxy groups -OCH3 is 2. The van der Waals surface area contributed by atoms with Gasteiger partial charge in [-0.15, -0.1) is 0 Å². The quantitative estimate of drug-likeness (QED) is 0.651. The van der Waals surface area contributed by atoms with E-state index in [1.54, 1.807) is 14.2 Å². The number of aryl methyl sites for hydroxylation is 2. The third-order valence-corrected chi connectivity index (χ3v) is 4.67. The van der Waals surface area contributed by atoms with Gasteiger partial charge in [0, 0.05) is 23.2 Å². The smallest absolute Gasteiger partial charge is 0.224 e. The maximum atomic E-state index is 12.4. The molecule has 6 nitrogen and oxygen atoms in total. The summed E-state index contributed by atoms with van der Waals surface area (Å²) in [5.41, 5.74) is 4.41. The Balaban J connectivity index is 1.74. The number of nitrogens with zero attached hydrogens (tertiary/aromatic N) is 1. The fourth-order valence-corrected chi connectivity index (χ4v) is 3.10. The Labute approximate surface area is 164 Å². The van der Waals surface area contributed by atoms with E-state index in [-0.39, 0.29) is 5.91 Å². The van der Waals surface area contributed by atoms with Gasteiger partial charge in [0.2, 0.25) is 5.91 Å². The minimum Gasteiger partial charge on any atom is -0.497 e. The average molecular weight is 380 g/mol. The summed E-state index contributed by atoms with van der Waals surface area (Å²) in [7, 11) is 3.26. The van der Waals surface area contributed by atoms with Crippen LogP contribution in [-0.4, -0.2) is 25.3 Å².